The molecule has 0 aromatic heterocycles. The number of piperazine rings is 1. The van der Waals surface area contributed by atoms with Gasteiger partial charge < -0.3 is 65.1 Å². The van der Waals surface area contributed by atoms with Crippen LogP contribution in [0.1, 0.15) is 84.2 Å². The first kappa shape index (κ1) is 60.9. The van der Waals surface area contributed by atoms with Crippen LogP contribution in [0.25, 0.3) is 0 Å². The molecule has 0 bridgehead atoms. The van der Waals surface area contributed by atoms with Gasteiger partial charge in [0, 0.05) is 69.9 Å². The third-order valence-electron chi connectivity index (χ3n) is 14.7. The van der Waals surface area contributed by atoms with Crippen LogP contribution in [0, 0.1) is 11.7 Å². The summed E-state index contributed by atoms with van der Waals surface area (Å²) in [4.78, 5) is 138. The van der Waals surface area contributed by atoms with Crippen molar-refractivity contribution in [3.8, 4) is 23.0 Å². The monoisotopic (exact) mass is 1180 g/mol. The molecule has 4 aromatic carbocycles. The first-order valence-corrected chi connectivity index (χ1v) is 28.1. The quantitative estimate of drug-likeness (QED) is 0.0210. The normalized spacial score (nSPS) is 17.8. The number of hydrogen-bond donors (Lipinski definition) is 7. The van der Waals surface area contributed by atoms with Crippen LogP contribution in [0.15, 0.2) is 96.2 Å². The van der Waals surface area contributed by atoms with Crippen LogP contribution in [-0.2, 0) is 43.0 Å². The average molecular weight is 1180 g/mol. The van der Waals surface area contributed by atoms with Gasteiger partial charge in [0.2, 0.25) is 17.7 Å². The number of carboxylic acid groups (broad SMARTS) is 1. The molecule has 1 unspecified atom stereocenters. The maximum absolute atomic E-state index is 15.4. The zero-order valence-corrected chi connectivity index (χ0v) is 46.4. The molecular weight excluding hydrogens is 1120 g/mol. The Hall–Kier alpha value is -9.20. The molecule has 4 heterocycles. The number of carboxylic acids is 1. The number of halogens is 1. The number of nitrogens with one attached hydrogen (secondary N) is 2. The number of ether oxygens (including phenoxy) is 2. The Bertz CT molecular complexity index is 3260. The third-order valence-corrected chi connectivity index (χ3v) is 16.1. The van der Waals surface area contributed by atoms with Gasteiger partial charge in [0.05, 0.1) is 53.3 Å². The molecule has 0 saturated carbocycles. The summed E-state index contributed by atoms with van der Waals surface area (Å²) in [7, 11) is 0. The number of phenols is 4. The standard InChI is InChI=1S/C58H62FN7O17S/c1-33(67)15-17-37-29-65(58(81)83-37)36-16-18-42(41(59)27-36)62-23-25-63(26-24-62)47(72)19-20-48(73)82-31-35-32-84-56-40(55(78)66(56)50(35)57(79)80)28-45(70)49(34-9-3-2-4-10-34)61-46(71)30-64(54(77)39-12-8-14-44(69)52(39)75)22-6-5-21-60-53(76)38-11-7-13-43(68)51(38)74/h2-4,7-14,16,18,27,37,40,49,56,68-69,74-75H,5-6,15,17,19-26,28-32H2,1H3,(H,60,76)(H,61,71)(H,79,80)/t37-,40+,49?,56+/m0/s1. The molecule has 7 N–H and O–H groups in total. The molecule has 4 aliphatic rings. The van der Waals surface area contributed by atoms with Crippen LogP contribution in [0.5, 0.6) is 23.0 Å². The molecule has 0 radical (unpaired) electrons. The molecule has 84 heavy (non-hydrogen) atoms. The highest BCUT2D eigenvalue weighted by molar-refractivity contribution is 8.00. The van der Waals surface area contributed by atoms with E-state index in [4.69, 9.17) is 9.47 Å². The van der Waals surface area contributed by atoms with Crippen LogP contribution in [0.4, 0.5) is 20.6 Å². The number of ketones is 2. The molecule has 3 saturated heterocycles. The van der Waals surface area contributed by atoms with Crippen molar-refractivity contribution in [1.29, 1.82) is 0 Å². The number of carbonyl (C=O) groups is 10. The maximum Gasteiger partial charge on any atom is 0.414 e. The summed E-state index contributed by atoms with van der Waals surface area (Å²) in [6, 6.07) is 18.7. The molecule has 3 fully saturated rings. The van der Waals surface area contributed by atoms with Gasteiger partial charge in [0.25, 0.3) is 11.8 Å². The molecule has 4 aromatic rings. The predicted octanol–water partition coefficient (Wildman–Crippen LogP) is 4.35. The van der Waals surface area contributed by atoms with E-state index in [9.17, 15) is 73.5 Å². The Labute approximate surface area is 484 Å². The number of aromatic hydroxyl groups is 4. The molecule has 6 amide bonds. The number of anilines is 2. The minimum Gasteiger partial charge on any atom is -0.504 e. The minimum absolute atomic E-state index is 0.000934. The molecular formula is C58H62FN7O17S. The van der Waals surface area contributed by atoms with Gasteiger partial charge in [-0.3, -0.25) is 43.4 Å². The lowest BCUT2D eigenvalue weighted by Gasteiger charge is -2.49. The highest BCUT2D eigenvalue weighted by atomic mass is 32.2. The number of fused-ring (bicyclic) bond motifs is 1. The maximum atomic E-state index is 15.4. The van der Waals surface area contributed by atoms with Gasteiger partial charge in [-0.1, -0.05) is 42.5 Å². The summed E-state index contributed by atoms with van der Waals surface area (Å²) in [5, 5.41) is 55.3. The molecule has 24 nitrogen and oxygen atoms in total. The number of phenolic OH excluding ortho intramolecular Hbond substituents is 4. The van der Waals surface area contributed by atoms with Gasteiger partial charge in [0.15, 0.2) is 28.8 Å². The smallest absolute Gasteiger partial charge is 0.414 e. The number of benzene rings is 4. The third kappa shape index (κ3) is 14.3. The second-order valence-corrected chi connectivity index (χ2v) is 21.5. The molecule has 8 rings (SSSR count). The Morgan fingerprint density at radius 1 is 0.833 bits per heavy atom. The highest BCUT2D eigenvalue weighted by Crippen LogP contribution is 2.46. The molecule has 444 valence electrons. The van der Waals surface area contributed by atoms with Gasteiger partial charge in [0.1, 0.15) is 36.1 Å². The van der Waals surface area contributed by atoms with E-state index in [1.165, 1.54) is 53.1 Å². The second-order valence-electron chi connectivity index (χ2n) is 20.4. The van der Waals surface area contributed by atoms with E-state index in [1.54, 1.807) is 47.4 Å². The van der Waals surface area contributed by atoms with Crippen molar-refractivity contribution in [2.75, 3.05) is 74.5 Å². The van der Waals surface area contributed by atoms with Crippen molar-refractivity contribution in [3.05, 3.63) is 119 Å². The summed E-state index contributed by atoms with van der Waals surface area (Å²) in [5.41, 5.74) is 0.110. The number of nitrogens with zero attached hydrogens (tertiary/aromatic N) is 5. The summed E-state index contributed by atoms with van der Waals surface area (Å²) in [6.07, 6.45) is -1.07. The van der Waals surface area contributed by atoms with Gasteiger partial charge >= 0.3 is 18.0 Å². The number of Topliss-reactive ketones (excluding diaryl/α,β-unsaturated/α-hetero) is 2. The van der Waals surface area contributed by atoms with Crippen molar-refractivity contribution in [1.82, 2.24) is 25.3 Å². The van der Waals surface area contributed by atoms with E-state index in [-0.39, 0.29) is 118 Å². The number of β-lactam (4-membered cyclic amide) rings is 1. The predicted molar refractivity (Wildman–Crippen MR) is 298 cm³/mol. The van der Waals surface area contributed by atoms with Crippen LogP contribution in [0.3, 0.4) is 0 Å². The van der Waals surface area contributed by atoms with Gasteiger partial charge in [-0.25, -0.2) is 14.0 Å². The second kappa shape index (κ2) is 27.3. The number of thioether (sulfide) groups is 1. The van der Waals surface area contributed by atoms with E-state index < -0.39 is 125 Å². The van der Waals surface area contributed by atoms with Crippen molar-refractivity contribution in [2.45, 2.75) is 69.4 Å². The van der Waals surface area contributed by atoms with E-state index in [1.807, 2.05) is 0 Å². The molecule has 4 aliphatic heterocycles. The zero-order chi connectivity index (χ0) is 60.4. The van der Waals surface area contributed by atoms with Crippen LogP contribution in [0.2, 0.25) is 0 Å². The van der Waals surface area contributed by atoms with Crippen LogP contribution >= 0.6 is 11.8 Å². The number of hydrogen-bond acceptors (Lipinski definition) is 18. The topological polar surface area (TPSA) is 331 Å². The number of cyclic esters (lactones) is 1. The van der Waals surface area contributed by atoms with Crippen LogP contribution in [-0.4, -0.2) is 176 Å². The first-order valence-electron chi connectivity index (χ1n) is 27.0. The number of aliphatic carboxylic acids is 1. The number of carbonyl (C=O) groups excluding carboxylic acids is 9. The SMILES string of the molecule is CC(=O)CC[C@H]1CN(c2ccc(N3CCN(C(=O)CCC(=O)OCC4=C(C(=O)O)N5C(=O)[C@@H](CC(=O)C(NC(=O)CN(CCCCNC(=O)c6cccc(O)c6O)C(=O)c6cccc(O)c6O)c6ccccc6)[C@H]5SC4)CC3)c(F)c2)C(=O)O1. The Kier molecular flexibility index (Phi) is 19.8. The van der Waals surface area contributed by atoms with Crippen molar-refractivity contribution < 1.29 is 87.3 Å². The lowest BCUT2D eigenvalue weighted by atomic mass is 9.87. The number of para-hydroxylation sites is 2. The van der Waals surface area contributed by atoms with E-state index in [0.29, 0.717) is 17.7 Å². The van der Waals surface area contributed by atoms with Crippen molar-refractivity contribution in [2.24, 2.45) is 5.92 Å². The summed E-state index contributed by atoms with van der Waals surface area (Å²) in [5.74, 6) is -10.4. The minimum atomic E-state index is -1.48. The molecule has 4 atom stereocenters. The fourth-order valence-corrected chi connectivity index (χ4v) is 11.6. The van der Waals surface area contributed by atoms with Crippen molar-refractivity contribution in [3.63, 3.8) is 0 Å². The van der Waals surface area contributed by atoms with E-state index in [0.717, 1.165) is 27.6 Å². The molecule has 0 spiro atoms. The van der Waals surface area contributed by atoms with Gasteiger partial charge in [-0.15, -0.1) is 11.8 Å². The zero-order valence-electron chi connectivity index (χ0n) is 45.6. The summed E-state index contributed by atoms with van der Waals surface area (Å²) in [6.45, 7) is 1.39. The Morgan fingerprint density at radius 2 is 1.52 bits per heavy atom. The average Bonchev–Trinajstić information content (AvgIpc) is 3.31. The fourth-order valence-electron chi connectivity index (χ4n) is 10.2. The fraction of sp³-hybridized carbons (Fsp3) is 0.379. The molecule has 26 heteroatoms. The number of amides is 6. The van der Waals surface area contributed by atoms with Crippen molar-refractivity contribution >= 4 is 82.3 Å². The lowest BCUT2D eigenvalue weighted by molar-refractivity contribution is -0.154. The van der Waals surface area contributed by atoms with E-state index in [2.05, 4.69) is 10.6 Å². The summed E-state index contributed by atoms with van der Waals surface area (Å²) < 4.78 is 26.2. The number of rotatable bonds is 25. The van der Waals surface area contributed by atoms with E-state index >= 15 is 4.39 Å². The summed E-state index contributed by atoms with van der Waals surface area (Å²) >= 11 is 1.15. The van der Waals surface area contributed by atoms with Gasteiger partial charge in [-0.2, -0.15) is 0 Å². The Morgan fingerprint density at radius 3 is 2.20 bits per heavy atom. The largest absolute Gasteiger partial charge is 0.504 e. The van der Waals surface area contributed by atoms with Crippen LogP contribution < -0.4 is 20.4 Å². The first-order chi connectivity index (χ1) is 40.2. The molecule has 0 aliphatic carbocycles. The number of unbranched alkanes of at least 4 members (excludes halogenated alkanes) is 1. The van der Waals surface area contributed by atoms with Gasteiger partial charge in [-0.05, 0) is 74.2 Å². The number of esters is 1. The highest BCUT2D eigenvalue weighted by Gasteiger charge is 2.54. The lowest BCUT2D eigenvalue weighted by Crippen LogP contribution is -2.62. The Balaban J connectivity index is 0.824.